The van der Waals surface area contributed by atoms with Crippen molar-refractivity contribution in [3.05, 3.63) is 0 Å². The lowest BCUT2D eigenvalue weighted by Crippen LogP contribution is -2.17. The normalized spacial score (nSPS) is 10.8. The third-order valence-electron chi connectivity index (χ3n) is 0.859. The van der Waals surface area contributed by atoms with E-state index in [1.165, 1.54) is 6.92 Å². The van der Waals surface area contributed by atoms with Crippen molar-refractivity contribution in [1.82, 2.24) is 0 Å². The fraction of sp³-hybridized carbons (Fsp3) is 0.625. The maximum Gasteiger partial charge on any atom is 0.303 e. The Labute approximate surface area is 66.7 Å². The molecule has 62 valence electrons. The summed E-state index contributed by atoms with van der Waals surface area (Å²) in [6.07, 6.45) is 2.18. The van der Waals surface area contributed by atoms with Crippen LogP contribution in [0.25, 0.3) is 0 Å². The van der Waals surface area contributed by atoms with E-state index in [0.717, 1.165) is 0 Å². The molecule has 0 aliphatic carbocycles. The van der Waals surface area contributed by atoms with Crippen LogP contribution in [0, 0.1) is 12.0 Å². The molecule has 0 aromatic rings. The van der Waals surface area contributed by atoms with Crippen molar-refractivity contribution in [2.75, 3.05) is 6.61 Å². The Morgan fingerprint density at radius 2 is 2.27 bits per heavy atom. The molecule has 0 aliphatic heterocycles. The minimum atomic E-state index is -0.300. The van der Waals surface area contributed by atoms with Gasteiger partial charge in [0.15, 0.2) is 0 Å². The molecule has 3 heteroatoms. The van der Waals surface area contributed by atoms with Gasteiger partial charge in [0.25, 0.3) is 0 Å². The molecule has 11 heavy (non-hydrogen) atoms. The summed E-state index contributed by atoms with van der Waals surface area (Å²) >= 11 is 0. The molecule has 0 saturated heterocycles. The standard InChI is InChI=1S/C8H12O3/c1-4-5-10-6-7(2)11-8(3)9/h7H,6H2,1-3H3. The van der Waals surface area contributed by atoms with Gasteiger partial charge >= 0.3 is 5.97 Å². The molecule has 1 unspecified atom stereocenters. The second kappa shape index (κ2) is 5.60. The van der Waals surface area contributed by atoms with Gasteiger partial charge in [-0.2, -0.15) is 0 Å². The van der Waals surface area contributed by atoms with E-state index >= 15 is 0 Å². The minimum Gasteiger partial charge on any atom is -0.459 e. The molecule has 0 fully saturated rings. The van der Waals surface area contributed by atoms with Crippen molar-refractivity contribution in [3.63, 3.8) is 0 Å². The summed E-state index contributed by atoms with van der Waals surface area (Å²) in [4.78, 5) is 10.4. The van der Waals surface area contributed by atoms with E-state index in [4.69, 9.17) is 9.47 Å². The molecular formula is C8H12O3. The van der Waals surface area contributed by atoms with Gasteiger partial charge in [-0.05, 0) is 6.92 Å². The molecule has 0 bridgehead atoms. The van der Waals surface area contributed by atoms with E-state index in [9.17, 15) is 4.79 Å². The third kappa shape index (κ3) is 6.72. The Morgan fingerprint density at radius 3 is 2.73 bits per heavy atom. The number of ether oxygens (including phenoxy) is 2. The topological polar surface area (TPSA) is 35.5 Å². The zero-order chi connectivity index (χ0) is 8.69. The Hall–Kier alpha value is -1.17. The van der Waals surface area contributed by atoms with E-state index in [-0.39, 0.29) is 12.1 Å². The van der Waals surface area contributed by atoms with Crippen molar-refractivity contribution in [2.45, 2.75) is 26.9 Å². The maximum absolute atomic E-state index is 10.4. The molecule has 0 amide bonds. The summed E-state index contributed by atoms with van der Waals surface area (Å²) in [5.41, 5.74) is 0. The van der Waals surface area contributed by atoms with Crippen LogP contribution < -0.4 is 0 Å². The molecule has 0 rings (SSSR count). The first-order chi connectivity index (χ1) is 5.16. The lowest BCUT2D eigenvalue weighted by atomic mass is 10.4. The van der Waals surface area contributed by atoms with E-state index < -0.39 is 0 Å². The van der Waals surface area contributed by atoms with Crippen LogP contribution in [-0.4, -0.2) is 18.7 Å². The zero-order valence-electron chi connectivity index (χ0n) is 7.01. The van der Waals surface area contributed by atoms with Crippen LogP contribution in [0.5, 0.6) is 0 Å². The number of hydrogen-bond donors (Lipinski definition) is 0. The van der Waals surface area contributed by atoms with Crippen LogP contribution in [0.3, 0.4) is 0 Å². The van der Waals surface area contributed by atoms with Crippen LogP contribution in [0.4, 0.5) is 0 Å². The molecule has 3 nitrogen and oxygen atoms in total. The fourth-order valence-corrected chi connectivity index (χ4v) is 0.549. The van der Waals surface area contributed by atoms with Crippen LogP contribution in [0.2, 0.25) is 0 Å². The summed E-state index contributed by atoms with van der Waals surface area (Å²) in [5.74, 6) is 2.26. The van der Waals surface area contributed by atoms with Crippen LogP contribution in [-0.2, 0) is 14.3 Å². The molecule has 0 spiro atoms. The van der Waals surface area contributed by atoms with Gasteiger partial charge in [-0.1, -0.05) is 5.92 Å². The van der Waals surface area contributed by atoms with Gasteiger partial charge in [-0.3, -0.25) is 4.79 Å². The summed E-state index contributed by atoms with van der Waals surface area (Å²) in [6, 6.07) is 0. The largest absolute Gasteiger partial charge is 0.459 e. The number of esters is 1. The van der Waals surface area contributed by atoms with Crippen molar-refractivity contribution in [3.8, 4) is 12.0 Å². The molecule has 0 radical (unpaired) electrons. The van der Waals surface area contributed by atoms with Crippen molar-refractivity contribution in [2.24, 2.45) is 0 Å². The van der Waals surface area contributed by atoms with E-state index in [2.05, 4.69) is 12.0 Å². The second-order valence-corrected chi connectivity index (χ2v) is 2.08. The molecule has 0 saturated carbocycles. The fourth-order valence-electron chi connectivity index (χ4n) is 0.549. The van der Waals surface area contributed by atoms with Gasteiger partial charge in [0, 0.05) is 13.8 Å². The van der Waals surface area contributed by atoms with Crippen molar-refractivity contribution < 1.29 is 14.3 Å². The molecular weight excluding hydrogens is 144 g/mol. The second-order valence-electron chi connectivity index (χ2n) is 2.08. The minimum absolute atomic E-state index is 0.228. The molecule has 0 N–H and O–H groups in total. The lowest BCUT2D eigenvalue weighted by molar-refractivity contribution is -0.147. The predicted octanol–water partition coefficient (Wildman–Crippen LogP) is 0.935. The molecule has 0 aromatic carbocycles. The summed E-state index contributed by atoms with van der Waals surface area (Å²) in [6.45, 7) is 5.11. The van der Waals surface area contributed by atoms with Crippen molar-refractivity contribution in [1.29, 1.82) is 0 Å². The van der Waals surface area contributed by atoms with Crippen LogP contribution in [0.15, 0.2) is 0 Å². The van der Waals surface area contributed by atoms with E-state index in [1.807, 2.05) is 0 Å². The third-order valence-corrected chi connectivity index (χ3v) is 0.859. The molecule has 0 aliphatic rings. The average Bonchev–Trinajstić information content (AvgIpc) is 1.86. The Balaban J connectivity index is 3.41. The average molecular weight is 156 g/mol. The quantitative estimate of drug-likeness (QED) is 0.450. The SMILES string of the molecule is CC#COCC(C)OC(C)=O. The highest BCUT2D eigenvalue weighted by Crippen LogP contribution is 1.91. The van der Waals surface area contributed by atoms with Gasteiger partial charge < -0.3 is 9.47 Å². The highest BCUT2D eigenvalue weighted by atomic mass is 16.6. The summed E-state index contributed by atoms with van der Waals surface area (Å²) in [5, 5.41) is 0. The first kappa shape index (κ1) is 9.83. The zero-order valence-corrected chi connectivity index (χ0v) is 7.01. The molecule has 0 heterocycles. The van der Waals surface area contributed by atoms with Gasteiger partial charge in [0.05, 0.1) is 0 Å². The summed E-state index contributed by atoms with van der Waals surface area (Å²) in [7, 11) is 0. The van der Waals surface area contributed by atoms with E-state index in [1.54, 1.807) is 13.8 Å². The van der Waals surface area contributed by atoms with Crippen LogP contribution in [0.1, 0.15) is 20.8 Å². The van der Waals surface area contributed by atoms with E-state index in [0.29, 0.717) is 6.61 Å². The summed E-state index contributed by atoms with van der Waals surface area (Å²) < 4.78 is 9.57. The number of hydrogen-bond acceptors (Lipinski definition) is 3. The Morgan fingerprint density at radius 1 is 1.64 bits per heavy atom. The monoisotopic (exact) mass is 156 g/mol. The van der Waals surface area contributed by atoms with Gasteiger partial charge in [0.1, 0.15) is 18.8 Å². The van der Waals surface area contributed by atoms with Gasteiger partial charge in [-0.15, -0.1) is 0 Å². The first-order valence-corrected chi connectivity index (χ1v) is 3.37. The number of carbonyl (C=O) groups excluding carboxylic acids is 1. The highest BCUT2D eigenvalue weighted by Gasteiger charge is 2.03. The van der Waals surface area contributed by atoms with Gasteiger partial charge in [0.2, 0.25) is 0 Å². The Bertz CT molecular complexity index is 176. The Kier molecular flexibility index (Phi) is 5.01. The highest BCUT2D eigenvalue weighted by molar-refractivity contribution is 5.66. The van der Waals surface area contributed by atoms with Gasteiger partial charge in [-0.25, -0.2) is 0 Å². The molecule has 0 aromatic heterocycles. The van der Waals surface area contributed by atoms with Crippen molar-refractivity contribution >= 4 is 5.97 Å². The van der Waals surface area contributed by atoms with Crippen LogP contribution >= 0.6 is 0 Å². The molecule has 1 atom stereocenters. The lowest BCUT2D eigenvalue weighted by Gasteiger charge is -2.08. The first-order valence-electron chi connectivity index (χ1n) is 3.37. The smallest absolute Gasteiger partial charge is 0.303 e. The number of rotatable bonds is 3. The maximum atomic E-state index is 10.4. The predicted molar refractivity (Wildman–Crippen MR) is 40.6 cm³/mol. The number of carbonyl (C=O) groups is 1.